The highest BCUT2D eigenvalue weighted by Crippen LogP contribution is 2.21. The maximum absolute atomic E-state index is 4.32. The molecule has 0 bridgehead atoms. The molecule has 1 heterocycles. The van der Waals surface area contributed by atoms with Crippen LogP contribution in [0.5, 0.6) is 0 Å². The highest BCUT2D eigenvalue weighted by molar-refractivity contribution is 9.11. The van der Waals surface area contributed by atoms with E-state index in [0.29, 0.717) is 6.04 Å². The van der Waals surface area contributed by atoms with Crippen molar-refractivity contribution in [3.63, 3.8) is 0 Å². The molecule has 2 N–H and O–H groups in total. The summed E-state index contributed by atoms with van der Waals surface area (Å²) in [5, 5.41) is 6.88. The molecule has 6 heteroatoms. The molecule has 1 aromatic heterocycles. The summed E-state index contributed by atoms with van der Waals surface area (Å²) in [6.45, 7) is 11.0. The molecular weight excluding hydrogens is 372 g/mol. The van der Waals surface area contributed by atoms with Crippen molar-refractivity contribution in [2.45, 2.75) is 46.1 Å². The van der Waals surface area contributed by atoms with Crippen molar-refractivity contribution in [3.05, 3.63) is 20.8 Å². The molecule has 0 fully saturated rings. The summed E-state index contributed by atoms with van der Waals surface area (Å²) in [5.41, 5.74) is 0. The zero-order chi connectivity index (χ0) is 17.1. The van der Waals surface area contributed by atoms with Crippen LogP contribution in [0.15, 0.2) is 20.9 Å². The van der Waals surface area contributed by atoms with Crippen molar-refractivity contribution < 1.29 is 0 Å². The van der Waals surface area contributed by atoms with E-state index in [-0.39, 0.29) is 0 Å². The third-order valence-corrected chi connectivity index (χ3v) is 5.59. The first-order valence-corrected chi connectivity index (χ1v) is 10.1. The minimum atomic E-state index is 0.438. The molecule has 1 aromatic rings. The quantitative estimate of drug-likeness (QED) is 0.462. The maximum atomic E-state index is 4.32. The molecular formula is C17H31BrN4S. The van der Waals surface area contributed by atoms with Gasteiger partial charge in [-0.3, -0.25) is 4.99 Å². The number of nitrogens with zero attached hydrogens (tertiary/aromatic N) is 2. The summed E-state index contributed by atoms with van der Waals surface area (Å²) in [7, 11) is 1.83. The summed E-state index contributed by atoms with van der Waals surface area (Å²) in [4.78, 5) is 8.17. The van der Waals surface area contributed by atoms with Gasteiger partial charge in [-0.1, -0.05) is 13.8 Å². The van der Waals surface area contributed by atoms with Gasteiger partial charge in [0.25, 0.3) is 0 Å². The van der Waals surface area contributed by atoms with Crippen LogP contribution in [-0.2, 0) is 6.42 Å². The van der Waals surface area contributed by atoms with E-state index in [4.69, 9.17) is 0 Å². The summed E-state index contributed by atoms with van der Waals surface area (Å²) in [6.07, 6.45) is 3.40. The monoisotopic (exact) mass is 402 g/mol. The van der Waals surface area contributed by atoms with E-state index in [9.17, 15) is 0 Å². The Morgan fingerprint density at radius 2 is 2.09 bits per heavy atom. The highest BCUT2D eigenvalue weighted by atomic mass is 79.9. The molecule has 0 aliphatic heterocycles. The van der Waals surface area contributed by atoms with Gasteiger partial charge in [0.05, 0.1) is 3.79 Å². The van der Waals surface area contributed by atoms with E-state index in [2.05, 4.69) is 69.4 Å². The van der Waals surface area contributed by atoms with Gasteiger partial charge < -0.3 is 15.5 Å². The van der Waals surface area contributed by atoms with E-state index < -0.39 is 0 Å². The smallest absolute Gasteiger partial charge is 0.191 e. The molecule has 0 aromatic carbocycles. The number of guanidine groups is 1. The van der Waals surface area contributed by atoms with E-state index in [0.717, 1.165) is 38.4 Å². The topological polar surface area (TPSA) is 39.7 Å². The average molecular weight is 403 g/mol. The van der Waals surface area contributed by atoms with Gasteiger partial charge in [0.15, 0.2) is 5.96 Å². The molecule has 1 rings (SSSR count). The van der Waals surface area contributed by atoms with Crippen molar-refractivity contribution in [1.29, 1.82) is 0 Å². The molecule has 1 unspecified atom stereocenters. The van der Waals surface area contributed by atoms with Gasteiger partial charge in [-0.25, -0.2) is 0 Å². The molecule has 23 heavy (non-hydrogen) atoms. The summed E-state index contributed by atoms with van der Waals surface area (Å²) < 4.78 is 1.19. The number of halogens is 1. The summed E-state index contributed by atoms with van der Waals surface area (Å²) in [6, 6.07) is 4.71. The van der Waals surface area contributed by atoms with Crippen molar-refractivity contribution in [2.24, 2.45) is 4.99 Å². The Balaban J connectivity index is 2.21. The lowest BCUT2D eigenvalue weighted by Crippen LogP contribution is -2.43. The second-order valence-corrected chi connectivity index (χ2v) is 8.22. The van der Waals surface area contributed by atoms with Gasteiger partial charge in [0, 0.05) is 24.5 Å². The molecule has 4 nitrogen and oxygen atoms in total. The van der Waals surface area contributed by atoms with Gasteiger partial charge >= 0.3 is 0 Å². The van der Waals surface area contributed by atoms with Crippen molar-refractivity contribution >= 4 is 33.2 Å². The fourth-order valence-electron chi connectivity index (χ4n) is 2.45. The Labute approximate surface area is 153 Å². The first-order valence-electron chi connectivity index (χ1n) is 8.52. The summed E-state index contributed by atoms with van der Waals surface area (Å²) >= 11 is 5.29. The summed E-state index contributed by atoms with van der Waals surface area (Å²) in [5.74, 6) is 0.899. The molecule has 0 saturated carbocycles. The first-order chi connectivity index (χ1) is 11.1. The molecule has 0 amide bonds. The number of aliphatic imine (C=N–C) groups is 1. The second-order valence-electron chi connectivity index (χ2n) is 5.67. The van der Waals surface area contributed by atoms with Crippen molar-refractivity contribution in [1.82, 2.24) is 15.5 Å². The Morgan fingerprint density at radius 1 is 1.35 bits per heavy atom. The first kappa shape index (κ1) is 20.5. The van der Waals surface area contributed by atoms with Gasteiger partial charge in [0.2, 0.25) is 0 Å². The Bertz CT molecular complexity index is 457. The van der Waals surface area contributed by atoms with Crippen LogP contribution >= 0.6 is 27.3 Å². The van der Waals surface area contributed by atoms with Crippen LogP contribution in [0.3, 0.4) is 0 Å². The minimum Gasteiger partial charge on any atom is -0.356 e. The number of rotatable bonds is 10. The fourth-order valence-corrected chi connectivity index (χ4v) is 3.93. The van der Waals surface area contributed by atoms with Crippen LogP contribution in [0.2, 0.25) is 0 Å². The zero-order valence-electron chi connectivity index (χ0n) is 14.9. The van der Waals surface area contributed by atoms with Gasteiger partial charge in [-0.15, -0.1) is 11.3 Å². The van der Waals surface area contributed by atoms with Gasteiger partial charge in [0.1, 0.15) is 0 Å². The molecule has 1 atom stereocenters. The van der Waals surface area contributed by atoms with E-state index in [1.807, 2.05) is 7.05 Å². The standard InChI is InChI=1S/C17H31BrN4S/c1-5-22(6-2)13-7-8-14(3)21-17(19-4)20-12-11-15-9-10-16(18)23-15/h9-10,14H,5-8,11-13H2,1-4H3,(H2,19,20,21). The van der Waals surface area contributed by atoms with Crippen molar-refractivity contribution in [3.8, 4) is 0 Å². The van der Waals surface area contributed by atoms with Crippen LogP contribution in [0.4, 0.5) is 0 Å². The molecule has 132 valence electrons. The third kappa shape index (κ3) is 8.72. The van der Waals surface area contributed by atoms with Crippen LogP contribution in [0.25, 0.3) is 0 Å². The normalized spacial score (nSPS) is 13.4. The van der Waals surface area contributed by atoms with E-state index in [1.54, 1.807) is 11.3 Å². The fraction of sp³-hybridized carbons (Fsp3) is 0.706. The number of hydrogen-bond donors (Lipinski definition) is 2. The Hall–Kier alpha value is -0.590. The third-order valence-electron chi connectivity index (χ3n) is 3.91. The zero-order valence-corrected chi connectivity index (χ0v) is 17.3. The lowest BCUT2D eigenvalue weighted by atomic mass is 10.2. The predicted molar refractivity (Wildman–Crippen MR) is 107 cm³/mol. The largest absolute Gasteiger partial charge is 0.356 e. The Kier molecular flexibility index (Phi) is 10.6. The maximum Gasteiger partial charge on any atom is 0.191 e. The Morgan fingerprint density at radius 3 is 2.65 bits per heavy atom. The van der Waals surface area contributed by atoms with Crippen LogP contribution in [0, 0.1) is 0 Å². The lowest BCUT2D eigenvalue weighted by Gasteiger charge is -2.21. The second kappa shape index (κ2) is 11.9. The highest BCUT2D eigenvalue weighted by Gasteiger charge is 2.06. The lowest BCUT2D eigenvalue weighted by molar-refractivity contribution is 0.292. The molecule has 0 spiro atoms. The van der Waals surface area contributed by atoms with Crippen molar-refractivity contribution in [2.75, 3.05) is 33.2 Å². The molecule has 0 aliphatic carbocycles. The predicted octanol–water partition coefficient (Wildman–Crippen LogP) is 3.73. The number of nitrogens with one attached hydrogen (secondary N) is 2. The number of thiophene rings is 1. The molecule has 0 radical (unpaired) electrons. The number of hydrogen-bond acceptors (Lipinski definition) is 3. The van der Waals surface area contributed by atoms with Crippen LogP contribution in [-0.4, -0.2) is 50.1 Å². The van der Waals surface area contributed by atoms with E-state index in [1.165, 1.54) is 21.6 Å². The molecule has 0 aliphatic rings. The van der Waals surface area contributed by atoms with Gasteiger partial charge in [-0.05, 0) is 73.9 Å². The molecule has 0 saturated heterocycles. The minimum absolute atomic E-state index is 0.438. The van der Waals surface area contributed by atoms with E-state index >= 15 is 0 Å². The van der Waals surface area contributed by atoms with Crippen LogP contribution in [0.1, 0.15) is 38.5 Å². The average Bonchev–Trinajstić information content (AvgIpc) is 2.96. The SMILES string of the molecule is CCN(CC)CCCC(C)NC(=NC)NCCc1ccc(Br)s1. The van der Waals surface area contributed by atoms with Crippen LogP contribution < -0.4 is 10.6 Å². The van der Waals surface area contributed by atoms with Gasteiger partial charge in [-0.2, -0.15) is 0 Å².